The number of carboxylic acids is 1. The Morgan fingerprint density at radius 2 is 1.41 bits per heavy atom. The fourth-order valence-corrected chi connectivity index (χ4v) is 3.53. The van der Waals surface area contributed by atoms with Gasteiger partial charge in [-0.15, -0.1) is 0 Å². The first-order valence-corrected chi connectivity index (χ1v) is 19.9. The van der Waals surface area contributed by atoms with Gasteiger partial charge in [-0.05, 0) is 4.05 Å². The number of ether oxygens (including phenoxy) is 1. The van der Waals surface area contributed by atoms with Gasteiger partial charge in [-0.1, -0.05) is 85.4 Å². The maximum Gasteiger partial charge on any atom is 0.329 e. The topological polar surface area (TPSA) is 122 Å². The Hall–Kier alpha value is -0.256. The number of hydrogen-bond donors (Lipinski definition) is 3. The van der Waals surface area contributed by atoms with Gasteiger partial charge in [-0.2, -0.15) is 0 Å². The lowest BCUT2D eigenvalue weighted by Gasteiger charge is -2.17. The van der Waals surface area contributed by atoms with Crippen LogP contribution >= 0.6 is 46.1 Å². The van der Waals surface area contributed by atoms with Crippen molar-refractivity contribution in [3.05, 3.63) is 0 Å². The molecule has 2 amide bonds. The summed E-state index contributed by atoms with van der Waals surface area (Å²) in [5, 5.41) is 12.7. The molecule has 13 heteroatoms. The number of carbonyl (C=O) groups is 4. The maximum absolute atomic E-state index is 11.4. The Balaban J connectivity index is 0.000000448. The highest BCUT2D eigenvalue weighted by molar-refractivity contribution is 14.1. The molecule has 2 atom stereocenters. The molecule has 0 aromatic heterocycles. The van der Waals surface area contributed by atoms with Gasteiger partial charge in [0.2, 0.25) is 0 Å². The number of alkyl halides is 1. The van der Waals surface area contributed by atoms with Crippen LogP contribution in [0, 0.1) is 0 Å². The molecule has 29 heavy (non-hydrogen) atoms. The van der Waals surface area contributed by atoms with E-state index in [-0.39, 0.29) is 16.4 Å². The summed E-state index contributed by atoms with van der Waals surface area (Å²) in [5.74, 6) is -0.434. The monoisotopic (exact) mass is 594 g/mol. The Bertz CT molecular complexity index is 599. The van der Waals surface area contributed by atoms with Crippen molar-refractivity contribution in [2.45, 2.75) is 51.4 Å². The highest BCUT2D eigenvalue weighted by Crippen LogP contribution is 2.14. The number of carboxylic acid groups (broad SMARTS) is 1. The molecule has 168 valence electrons. The van der Waals surface area contributed by atoms with Crippen molar-refractivity contribution in [3.8, 4) is 0 Å². The number of halogens is 1. The second-order valence-corrected chi connectivity index (χ2v) is 23.9. The molecule has 2 fully saturated rings. The third-order valence-corrected chi connectivity index (χ3v) is 13.4. The quantitative estimate of drug-likeness (QED) is 0.192. The van der Waals surface area contributed by atoms with E-state index in [4.69, 9.17) is 9.84 Å². The minimum absolute atomic E-state index is 0.139. The van der Waals surface area contributed by atoms with E-state index in [0.717, 1.165) is 23.5 Å². The van der Waals surface area contributed by atoms with Crippen LogP contribution in [0.2, 0.25) is 39.3 Å². The van der Waals surface area contributed by atoms with E-state index in [9.17, 15) is 19.2 Å². The van der Waals surface area contributed by atoms with Crippen molar-refractivity contribution in [2.75, 3.05) is 21.8 Å². The Labute approximate surface area is 196 Å². The number of amides is 2. The Morgan fingerprint density at radius 3 is 1.66 bits per heavy atom. The third-order valence-electron chi connectivity index (χ3n) is 2.98. The number of nitrogens with one attached hydrogen (secondary N) is 2. The van der Waals surface area contributed by atoms with E-state index in [1.54, 1.807) is 0 Å². The van der Waals surface area contributed by atoms with Crippen molar-refractivity contribution in [2.24, 2.45) is 0 Å². The molecule has 0 aliphatic carbocycles. The molecule has 0 unspecified atom stereocenters. The standard InChI is InChI=1S/C8H15NO3SSi.C4H11ISi.C4H5NO3S/c1-14(2,3)5-12-7(10)6-4-13-8(11)9-6;1-6(2,3)4-5;6-3(7)2-1-9-4(8)5-2/h6H,4-5H2,1-3H3,(H,9,11);4H2,1-3H3;2H,1H2,(H,5,8)(H,6,7)/t6-;;2-/m0.0/s1. The summed E-state index contributed by atoms with van der Waals surface area (Å²) in [4.78, 5) is 42.7. The van der Waals surface area contributed by atoms with Gasteiger partial charge >= 0.3 is 11.9 Å². The summed E-state index contributed by atoms with van der Waals surface area (Å²) < 4.78 is 6.51. The van der Waals surface area contributed by atoms with Gasteiger partial charge in [0.25, 0.3) is 10.5 Å². The van der Waals surface area contributed by atoms with E-state index in [1.807, 2.05) is 0 Å². The Kier molecular flexibility index (Phi) is 13.1. The molecule has 0 aromatic carbocycles. The van der Waals surface area contributed by atoms with Crippen molar-refractivity contribution in [3.63, 3.8) is 0 Å². The van der Waals surface area contributed by atoms with Crippen molar-refractivity contribution < 1.29 is 29.0 Å². The summed E-state index contributed by atoms with van der Waals surface area (Å²) in [5.41, 5.74) is 0. The molecule has 0 bridgehead atoms. The summed E-state index contributed by atoms with van der Waals surface area (Å²) in [6.45, 7) is 13.5. The SMILES string of the molecule is C[Si](C)(C)CI.C[Si](C)(C)COC(=O)[C@@H]1CSC(=O)N1.O=C1N[C@H](C(=O)O)CS1. The minimum Gasteiger partial charge on any atom is -0.480 e. The fourth-order valence-electron chi connectivity index (χ4n) is 1.42. The van der Waals surface area contributed by atoms with Gasteiger partial charge in [0.1, 0.15) is 12.1 Å². The second kappa shape index (κ2) is 13.2. The van der Waals surface area contributed by atoms with E-state index >= 15 is 0 Å². The predicted octanol–water partition coefficient (Wildman–Crippen LogP) is 3.43. The molecule has 2 aliphatic rings. The van der Waals surface area contributed by atoms with Gasteiger partial charge in [0, 0.05) is 11.5 Å². The molecule has 2 rings (SSSR count). The van der Waals surface area contributed by atoms with Crippen LogP contribution in [0.5, 0.6) is 0 Å². The van der Waals surface area contributed by atoms with Gasteiger partial charge < -0.3 is 20.5 Å². The molecule has 0 aromatic rings. The lowest BCUT2D eigenvalue weighted by molar-refractivity contribution is -0.143. The van der Waals surface area contributed by atoms with Crippen LogP contribution < -0.4 is 10.6 Å². The Morgan fingerprint density at radius 1 is 1.00 bits per heavy atom. The molecule has 2 aliphatic heterocycles. The van der Waals surface area contributed by atoms with Crippen LogP contribution in [0.1, 0.15) is 0 Å². The number of aliphatic carboxylic acids is 1. The van der Waals surface area contributed by atoms with E-state index in [0.29, 0.717) is 17.7 Å². The predicted molar refractivity (Wildman–Crippen MR) is 134 cm³/mol. The van der Waals surface area contributed by atoms with Gasteiger partial charge in [-0.25, -0.2) is 9.59 Å². The smallest absolute Gasteiger partial charge is 0.329 e. The number of rotatable bonds is 5. The minimum atomic E-state index is -1.35. The van der Waals surface area contributed by atoms with Gasteiger partial charge in [0.05, 0.1) is 22.4 Å². The zero-order valence-electron chi connectivity index (χ0n) is 17.7. The summed E-state index contributed by atoms with van der Waals surface area (Å²) in [7, 11) is -2.00. The highest BCUT2D eigenvalue weighted by Gasteiger charge is 2.30. The summed E-state index contributed by atoms with van der Waals surface area (Å²) in [6, 6.07) is -1.12. The molecule has 2 saturated heterocycles. The molecule has 3 N–H and O–H groups in total. The maximum atomic E-state index is 11.4. The number of carbonyl (C=O) groups excluding carboxylic acids is 3. The molecule has 0 saturated carbocycles. The van der Waals surface area contributed by atoms with Crippen molar-refractivity contribution in [1.29, 1.82) is 0 Å². The van der Waals surface area contributed by atoms with Crippen LogP contribution in [-0.2, 0) is 14.3 Å². The van der Waals surface area contributed by atoms with Crippen LogP contribution in [0.4, 0.5) is 9.59 Å². The molecule has 8 nitrogen and oxygen atoms in total. The molecular weight excluding hydrogens is 563 g/mol. The second-order valence-electron chi connectivity index (χ2n) is 8.79. The lowest BCUT2D eigenvalue weighted by Crippen LogP contribution is -2.39. The average Bonchev–Trinajstić information content (AvgIpc) is 3.21. The van der Waals surface area contributed by atoms with Crippen LogP contribution in [0.25, 0.3) is 0 Å². The summed E-state index contributed by atoms with van der Waals surface area (Å²) >= 11 is 4.59. The van der Waals surface area contributed by atoms with E-state index < -0.39 is 34.2 Å². The highest BCUT2D eigenvalue weighted by atomic mass is 127. The first kappa shape index (κ1) is 28.7. The number of esters is 1. The van der Waals surface area contributed by atoms with Crippen LogP contribution in [0.15, 0.2) is 0 Å². The van der Waals surface area contributed by atoms with Gasteiger partial charge in [-0.3, -0.25) is 9.59 Å². The first-order valence-electron chi connectivity index (χ1n) is 8.96. The zero-order valence-corrected chi connectivity index (χ0v) is 23.5. The third kappa shape index (κ3) is 15.2. The molecule has 2 heterocycles. The molecule has 0 radical (unpaired) electrons. The molecule has 0 spiro atoms. The fraction of sp³-hybridized carbons (Fsp3) is 0.750. The average molecular weight is 595 g/mol. The number of hydrogen-bond acceptors (Lipinski definition) is 7. The zero-order chi connectivity index (χ0) is 22.8. The van der Waals surface area contributed by atoms with Crippen LogP contribution in [0.3, 0.4) is 0 Å². The lowest BCUT2D eigenvalue weighted by atomic mass is 10.3. The largest absolute Gasteiger partial charge is 0.480 e. The number of thioether (sulfide) groups is 2. The first-order chi connectivity index (χ1) is 13.1. The van der Waals surface area contributed by atoms with E-state index in [1.165, 1.54) is 4.05 Å². The summed E-state index contributed by atoms with van der Waals surface area (Å²) in [6.07, 6.45) is 0.517. The van der Waals surface area contributed by atoms with Crippen molar-refractivity contribution >= 4 is 84.7 Å². The van der Waals surface area contributed by atoms with Crippen LogP contribution in [-0.4, -0.2) is 77.5 Å². The molecular formula is C16H31IN2O6S2Si2. The van der Waals surface area contributed by atoms with E-state index in [2.05, 4.69) is 72.5 Å². The van der Waals surface area contributed by atoms with Gasteiger partial charge in [0.15, 0.2) is 0 Å². The normalized spacial score (nSPS) is 21.1. The van der Waals surface area contributed by atoms with Crippen molar-refractivity contribution in [1.82, 2.24) is 10.6 Å².